The molecule has 1 aromatic carbocycles. The molecule has 1 fully saturated rings. The van der Waals surface area contributed by atoms with Crippen LogP contribution >= 0.6 is 11.8 Å². The van der Waals surface area contributed by atoms with E-state index in [1.54, 1.807) is 11.8 Å². The Morgan fingerprint density at radius 2 is 2.40 bits per heavy atom. The fourth-order valence-electron chi connectivity index (χ4n) is 2.41. The van der Waals surface area contributed by atoms with Crippen molar-refractivity contribution in [1.29, 1.82) is 0 Å². The third-order valence-electron chi connectivity index (χ3n) is 3.35. The Labute approximate surface area is 123 Å². The highest BCUT2D eigenvalue weighted by molar-refractivity contribution is 7.99. The summed E-state index contributed by atoms with van der Waals surface area (Å²) in [6, 6.07) is 5.60. The van der Waals surface area contributed by atoms with Gasteiger partial charge in [-0.25, -0.2) is 4.79 Å². The molecule has 110 valence electrons. The van der Waals surface area contributed by atoms with E-state index >= 15 is 0 Å². The van der Waals surface area contributed by atoms with Crippen molar-refractivity contribution >= 4 is 23.4 Å². The molecule has 2 N–H and O–H groups in total. The monoisotopic (exact) mass is 295 g/mol. The van der Waals surface area contributed by atoms with Crippen molar-refractivity contribution < 1.29 is 14.6 Å². The van der Waals surface area contributed by atoms with Crippen LogP contribution in [0, 0.1) is 0 Å². The first-order valence-electron chi connectivity index (χ1n) is 7.07. The van der Waals surface area contributed by atoms with Gasteiger partial charge in [-0.15, -0.1) is 11.8 Å². The van der Waals surface area contributed by atoms with Crippen LogP contribution in [0.25, 0.3) is 0 Å². The molecule has 0 amide bonds. The van der Waals surface area contributed by atoms with E-state index in [4.69, 9.17) is 4.74 Å². The van der Waals surface area contributed by atoms with E-state index in [0.29, 0.717) is 17.4 Å². The van der Waals surface area contributed by atoms with Gasteiger partial charge in [0.1, 0.15) is 0 Å². The summed E-state index contributed by atoms with van der Waals surface area (Å²) in [7, 11) is 0. The molecule has 0 bridgehead atoms. The number of ether oxygens (including phenoxy) is 1. The lowest BCUT2D eigenvalue weighted by Crippen LogP contribution is -2.14. The van der Waals surface area contributed by atoms with Crippen LogP contribution in [0.2, 0.25) is 0 Å². The minimum atomic E-state index is -0.874. The van der Waals surface area contributed by atoms with Crippen molar-refractivity contribution in [2.45, 2.75) is 37.2 Å². The van der Waals surface area contributed by atoms with Crippen LogP contribution in [0.5, 0.6) is 0 Å². The molecular formula is C15H21NO3S. The lowest BCUT2D eigenvalue weighted by atomic mass is 10.1. The molecule has 0 radical (unpaired) electrons. The van der Waals surface area contributed by atoms with E-state index in [-0.39, 0.29) is 0 Å². The van der Waals surface area contributed by atoms with Crippen LogP contribution < -0.4 is 5.32 Å². The SMILES string of the molecule is CCSc1cccc(NCCC2CCCO2)c1C(=O)O. The fourth-order valence-corrected chi connectivity index (χ4v) is 3.24. The summed E-state index contributed by atoms with van der Waals surface area (Å²) in [5.41, 5.74) is 1.08. The van der Waals surface area contributed by atoms with Crippen molar-refractivity contribution in [3.8, 4) is 0 Å². The average molecular weight is 295 g/mol. The van der Waals surface area contributed by atoms with Crippen LogP contribution in [0.1, 0.15) is 36.5 Å². The quantitative estimate of drug-likeness (QED) is 0.754. The third kappa shape index (κ3) is 3.90. The zero-order valence-corrected chi connectivity index (χ0v) is 12.5. The van der Waals surface area contributed by atoms with Gasteiger partial charge in [0.05, 0.1) is 11.7 Å². The van der Waals surface area contributed by atoms with Crippen LogP contribution in [-0.2, 0) is 4.74 Å². The first kappa shape index (κ1) is 15.2. The van der Waals surface area contributed by atoms with Gasteiger partial charge in [-0.1, -0.05) is 13.0 Å². The highest BCUT2D eigenvalue weighted by Gasteiger charge is 2.17. The largest absolute Gasteiger partial charge is 0.478 e. The maximum absolute atomic E-state index is 11.5. The Morgan fingerprint density at radius 1 is 1.55 bits per heavy atom. The first-order valence-corrected chi connectivity index (χ1v) is 8.05. The van der Waals surface area contributed by atoms with Gasteiger partial charge in [0.2, 0.25) is 0 Å². The Bertz CT molecular complexity index is 458. The third-order valence-corrected chi connectivity index (χ3v) is 4.29. The van der Waals surface area contributed by atoms with E-state index in [9.17, 15) is 9.90 Å². The minimum absolute atomic E-state index is 0.323. The van der Waals surface area contributed by atoms with Crippen molar-refractivity contribution in [3.63, 3.8) is 0 Å². The Balaban J connectivity index is 2.01. The number of nitrogens with one attached hydrogen (secondary N) is 1. The molecule has 0 aromatic heterocycles. The summed E-state index contributed by atoms with van der Waals surface area (Å²) < 4.78 is 5.57. The lowest BCUT2D eigenvalue weighted by molar-refractivity contribution is 0.0694. The predicted molar refractivity (Wildman–Crippen MR) is 81.9 cm³/mol. The molecule has 0 aliphatic carbocycles. The molecule has 2 rings (SSSR count). The molecule has 4 nitrogen and oxygen atoms in total. The molecule has 5 heteroatoms. The second kappa shape index (κ2) is 7.55. The van der Waals surface area contributed by atoms with Gasteiger partial charge >= 0.3 is 5.97 Å². The summed E-state index contributed by atoms with van der Waals surface area (Å²) in [5, 5.41) is 12.7. The number of aromatic carboxylic acids is 1. The second-order valence-corrected chi connectivity index (χ2v) is 6.07. The molecule has 20 heavy (non-hydrogen) atoms. The number of hydrogen-bond donors (Lipinski definition) is 2. The lowest BCUT2D eigenvalue weighted by Gasteiger charge is -2.14. The second-order valence-electron chi connectivity index (χ2n) is 4.77. The van der Waals surface area contributed by atoms with Crippen molar-refractivity contribution in [2.75, 3.05) is 24.2 Å². The average Bonchev–Trinajstić information content (AvgIpc) is 2.92. The van der Waals surface area contributed by atoms with Crippen molar-refractivity contribution in [1.82, 2.24) is 0 Å². The number of anilines is 1. The summed E-state index contributed by atoms with van der Waals surface area (Å²) in [6.07, 6.45) is 3.49. The van der Waals surface area contributed by atoms with Gasteiger partial charge in [-0.2, -0.15) is 0 Å². The zero-order chi connectivity index (χ0) is 14.4. The van der Waals surface area contributed by atoms with E-state index in [0.717, 1.165) is 43.1 Å². The summed E-state index contributed by atoms with van der Waals surface area (Å²) in [6.45, 7) is 3.62. The first-order chi connectivity index (χ1) is 9.72. The Hall–Kier alpha value is -1.20. The number of carboxylic acids is 1. The van der Waals surface area contributed by atoms with E-state index in [1.807, 2.05) is 25.1 Å². The number of carbonyl (C=O) groups is 1. The Kier molecular flexibility index (Phi) is 5.73. The van der Waals surface area contributed by atoms with Crippen LogP contribution in [0.4, 0.5) is 5.69 Å². The van der Waals surface area contributed by atoms with Gasteiger partial charge in [-0.05, 0) is 37.1 Å². The number of hydrogen-bond acceptors (Lipinski definition) is 4. The van der Waals surface area contributed by atoms with Gasteiger partial charge in [-0.3, -0.25) is 0 Å². The molecule has 1 aliphatic rings. The highest BCUT2D eigenvalue weighted by Crippen LogP contribution is 2.28. The smallest absolute Gasteiger partial charge is 0.338 e. The molecule has 1 aromatic rings. The summed E-state index contributed by atoms with van der Waals surface area (Å²) in [4.78, 5) is 12.3. The number of rotatable bonds is 7. The molecular weight excluding hydrogens is 274 g/mol. The molecule has 1 aliphatic heterocycles. The van der Waals surface area contributed by atoms with Crippen molar-refractivity contribution in [3.05, 3.63) is 23.8 Å². The van der Waals surface area contributed by atoms with Crippen LogP contribution in [0.15, 0.2) is 23.1 Å². The van der Waals surface area contributed by atoms with Gasteiger partial charge in [0.25, 0.3) is 0 Å². The fraction of sp³-hybridized carbons (Fsp3) is 0.533. The normalized spacial score (nSPS) is 18.1. The van der Waals surface area contributed by atoms with Gasteiger partial charge in [0, 0.05) is 23.7 Å². The topological polar surface area (TPSA) is 58.6 Å². The zero-order valence-electron chi connectivity index (χ0n) is 11.7. The van der Waals surface area contributed by atoms with Gasteiger partial charge in [0.15, 0.2) is 0 Å². The summed E-state index contributed by atoms with van der Waals surface area (Å²) >= 11 is 1.56. The molecule has 1 heterocycles. The number of thioether (sulfide) groups is 1. The maximum Gasteiger partial charge on any atom is 0.338 e. The highest BCUT2D eigenvalue weighted by atomic mass is 32.2. The molecule has 0 spiro atoms. The van der Waals surface area contributed by atoms with E-state index in [1.165, 1.54) is 0 Å². The van der Waals surface area contributed by atoms with Crippen LogP contribution in [-0.4, -0.2) is 36.1 Å². The number of carboxylic acid groups (broad SMARTS) is 1. The van der Waals surface area contributed by atoms with Crippen molar-refractivity contribution in [2.24, 2.45) is 0 Å². The standard InChI is InChI=1S/C15H21NO3S/c1-2-20-13-7-3-6-12(14(13)15(17)18)16-9-8-11-5-4-10-19-11/h3,6-7,11,16H,2,4-5,8-10H2,1H3,(H,17,18). The van der Waals surface area contributed by atoms with Gasteiger partial charge < -0.3 is 15.2 Å². The van der Waals surface area contributed by atoms with Crippen LogP contribution in [0.3, 0.4) is 0 Å². The van der Waals surface area contributed by atoms with E-state index < -0.39 is 5.97 Å². The summed E-state index contributed by atoms with van der Waals surface area (Å²) in [5.74, 6) is -0.0132. The number of benzene rings is 1. The minimum Gasteiger partial charge on any atom is -0.478 e. The molecule has 0 saturated carbocycles. The maximum atomic E-state index is 11.5. The Morgan fingerprint density at radius 3 is 3.05 bits per heavy atom. The van der Waals surface area contributed by atoms with E-state index in [2.05, 4.69) is 5.32 Å². The predicted octanol–water partition coefficient (Wildman–Crippen LogP) is 3.48. The molecule has 1 unspecified atom stereocenters. The molecule has 1 atom stereocenters. The molecule has 1 saturated heterocycles.